The fourth-order valence-electron chi connectivity index (χ4n) is 3.01. The third-order valence-electron chi connectivity index (χ3n) is 4.56. The molecule has 3 nitrogen and oxygen atoms in total. The summed E-state index contributed by atoms with van der Waals surface area (Å²) in [5, 5.41) is 3.27. The molecule has 1 aliphatic rings. The predicted octanol–water partition coefficient (Wildman–Crippen LogP) is 3.87. The summed E-state index contributed by atoms with van der Waals surface area (Å²) in [6, 6.07) is 9.73. The largest absolute Gasteiger partial charge is 0.493 e. The Hall–Kier alpha value is -2.12. The minimum absolute atomic E-state index is 0.236. The molecule has 1 aliphatic heterocycles. The van der Waals surface area contributed by atoms with E-state index in [0.29, 0.717) is 24.3 Å². The molecule has 146 valence electrons. The highest BCUT2D eigenvalue weighted by Gasteiger charge is 2.30. The lowest BCUT2D eigenvalue weighted by atomic mass is 10.1. The van der Waals surface area contributed by atoms with Crippen LogP contribution in [-0.2, 0) is 19.1 Å². The maximum atomic E-state index is 14.3. The molecule has 3 rings (SSSR count). The summed E-state index contributed by atoms with van der Waals surface area (Å²) in [5.41, 5.74) is 0.754. The van der Waals surface area contributed by atoms with Gasteiger partial charge in [0.1, 0.15) is 11.6 Å². The number of nitrogens with one attached hydrogen (secondary N) is 1. The molecule has 2 aromatic carbocycles. The highest BCUT2D eigenvalue weighted by molar-refractivity contribution is 5.29. The lowest BCUT2D eigenvalue weighted by molar-refractivity contribution is -0.137. The fraction of sp³-hybridized carbons (Fsp3) is 0.400. The molecule has 1 N–H and O–H groups in total. The van der Waals surface area contributed by atoms with Crippen LogP contribution in [-0.4, -0.2) is 37.7 Å². The van der Waals surface area contributed by atoms with Gasteiger partial charge in [-0.2, -0.15) is 13.2 Å². The second-order valence-corrected chi connectivity index (χ2v) is 6.57. The molecule has 1 heterocycles. The number of piperazine rings is 1. The van der Waals surface area contributed by atoms with Crippen LogP contribution >= 0.6 is 0 Å². The van der Waals surface area contributed by atoms with Gasteiger partial charge in [0.05, 0.1) is 12.2 Å². The van der Waals surface area contributed by atoms with Gasteiger partial charge in [0.15, 0.2) is 0 Å². The first-order valence-corrected chi connectivity index (χ1v) is 8.92. The van der Waals surface area contributed by atoms with E-state index in [1.165, 1.54) is 18.2 Å². The van der Waals surface area contributed by atoms with Crippen molar-refractivity contribution >= 4 is 0 Å². The number of rotatable bonds is 6. The summed E-state index contributed by atoms with van der Waals surface area (Å²) >= 11 is 0. The quantitative estimate of drug-likeness (QED) is 0.768. The molecule has 0 saturated carbocycles. The summed E-state index contributed by atoms with van der Waals surface area (Å²) in [5.74, 6) is 0.124. The van der Waals surface area contributed by atoms with Gasteiger partial charge in [-0.25, -0.2) is 4.39 Å². The number of nitrogens with zero attached hydrogens (tertiary/aromatic N) is 1. The molecule has 7 heteroatoms. The molecule has 0 spiro atoms. The Labute approximate surface area is 155 Å². The van der Waals surface area contributed by atoms with Gasteiger partial charge in [0, 0.05) is 44.7 Å². The van der Waals surface area contributed by atoms with Crippen LogP contribution in [0.2, 0.25) is 0 Å². The Morgan fingerprint density at radius 1 is 1.00 bits per heavy atom. The monoisotopic (exact) mass is 382 g/mol. The molecular formula is C20H22F4N2O. The molecule has 0 aromatic heterocycles. The summed E-state index contributed by atoms with van der Waals surface area (Å²) in [4.78, 5) is 2.21. The van der Waals surface area contributed by atoms with Crippen LogP contribution in [0.1, 0.15) is 16.7 Å². The second kappa shape index (κ2) is 8.71. The highest BCUT2D eigenvalue weighted by Crippen LogP contribution is 2.30. The molecule has 0 aliphatic carbocycles. The average Bonchev–Trinajstić information content (AvgIpc) is 2.64. The van der Waals surface area contributed by atoms with E-state index in [0.717, 1.165) is 43.9 Å². The van der Waals surface area contributed by atoms with Crippen LogP contribution in [0.5, 0.6) is 5.75 Å². The molecule has 0 unspecified atom stereocenters. The van der Waals surface area contributed by atoms with Crippen molar-refractivity contribution in [3.05, 3.63) is 65.0 Å². The van der Waals surface area contributed by atoms with E-state index >= 15 is 0 Å². The summed E-state index contributed by atoms with van der Waals surface area (Å²) in [7, 11) is 0. The van der Waals surface area contributed by atoms with Gasteiger partial charge in [-0.3, -0.25) is 4.90 Å². The Balaban J connectivity index is 1.50. The van der Waals surface area contributed by atoms with Crippen LogP contribution in [0.25, 0.3) is 0 Å². The van der Waals surface area contributed by atoms with Crippen molar-refractivity contribution in [2.24, 2.45) is 0 Å². The van der Waals surface area contributed by atoms with Gasteiger partial charge in [-0.05, 0) is 35.9 Å². The minimum atomic E-state index is -4.36. The van der Waals surface area contributed by atoms with Crippen molar-refractivity contribution in [1.82, 2.24) is 10.2 Å². The van der Waals surface area contributed by atoms with Gasteiger partial charge >= 0.3 is 6.18 Å². The van der Waals surface area contributed by atoms with Crippen molar-refractivity contribution in [2.45, 2.75) is 19.1 Å². The molecule has 27 heavy (non-hydrogen) atoms. The third-order valence-corrected chi connectivity index (χ3v) is 4.56. The maximum Gasteiger partial charge on any atom is 0.416 e. The molecule has 0 atom stereocenters. The lowest BCUT2D eigenvalue weighted by Crippen LogP contribution is -2.43. The normalized spacial score (nSPS) is 15.7. The molecule has 0 bridgehead atoms. The molecule has 1 fully saturated rings. The number of alkyl halides is 3. The number of halogens is 4. The smallest absolute Gasteiger partial charge is 0.416 e. The van der Waals surface area contributed by atoms with E-state index in [-0.39, 0.29) is 12.4 Å². The lowest BCUT2D eigenvalue weighted by Gasteiger charge is -2.27. The Morgan fingerprint density at radius 2 is 1.70 bits per heavy atom. The van der Waals surface area contributed by atoms with E-state index in [1.54, 1.807) is 6.07 Å². The Morgan fingerprint density at radius 3 is 2.33 bits per heavy atom. The zero-order chi connectivity index (χ0) is 19.3. The number of hydrogen-bond acceptors (Lipinski definition) is 3. The first-order chi connectivity index (χ1) is 12.9. The molecule has 0 radical (unpaired) electrons. The van der Waals surface area contributed by atoms with Crippen molar-refractivity contribution in [2.75, 3.05) is 32.8 Å². The van der Waals surface area contributed by atoms with Crippen LogP contribution < -0.4 is 10.1 Å². The molecule has 2 aromatic rings. The van der Waals surface area contributed by atoms with Gasteiger partial charge in [0.2, 0.25) is 0 Å². The van der Waals surface area contributed by atoms with Gasteiger partial charge in [-0.15, -0.1) is 0 Å². The van der Waals surface area contributed by atoms with Crippen LogP contribution in [0.15, 0.2) is 42.5 Å². The van der Waals surface area contributed by atoms with E-state index in [2.05, 4.69) is 10.2 Å². The number of benzene rings is 2. The first kappa shape index (κ1) is 19.6. The maximum absolute atomic E-state index is 14.3. The zero-order valence-corrected chi connectivity index (χ0v) is 14.9. The Kier molecular flexibility index (Phi) is 6.34. The standard InChI is InChI=1S/C20H22F4N2O/c21-19-13-15(1-2-16(19)14-26-10-8-25-9-11-26)7-12-27-18-5-3-17(4-6-18)20(22,23)24/h1-6,13,25H,7-12,14H2. The topological polar surface area (TPSA) is 24.5 Å². The van der Waals surface area contributed by atoms with E-state index < -0.39 is 11.7 Å². The number of hydrogen-bond donors (Lipinski definition) is 1. The van der Waals surface area contributed by atoms with Gasteiger partial charge in [-0.1, -0.05) is 12.1 Å². The highest BCUT2D eigenvalue weighted by atomic mass is 19.4. The molecule has 0 amide bonds. The van der Waals surface area contributed by atoms with Crippen LogP contribution in [0, 0.1) is 5.82 Å². The van der Waals surface area contributed by atoms with E-state index in [9.17, 15) is 17.6 Å². The predicted molar refractivity (Wildman–Crippen MR) is 95.2 cm³/mol. The van der Waals surface area contributed by atoms with Crippen molar-refractivity contribution in [3.63, 3.8) is 0 Å². The van der Waals surface area contributed by atoms with Crippen LogP contribution in [0.3, 0.4) is 0 Å². The molecule has 1 saturated heterocycles. The van der Waals surface area contributed by atoms with Crippen LogP contribution in [0.4, 0.5) is 17.6 Å². The first-order valence-electron chi connectivity index (χ1n) is 8.92. The molecular weight excluding hydrogens is 360 g/mol. The Bertz CT molecular complexity index is 741. The third kappa shape index (κ3) is 5.68. The number of ether oxygens (including phenoxy) is 1. The summed E-state index contributed by atoms with van der Waals surface area (Å²) in [6.07, 6.45) is -3.88. The van der Waals surface area contributed by atoms with Gasteiger partial charge in [0.25, 0.3) is 0 Å². The van der Waals surface area contributed by atoms with Gasteiger partial charge < -0.3 is 10.1 Å². The van der Waals surface area contributed by atoms with Crippen molar-refractivity contribution in [3.8, 4) is 5.75 Å². The second-order valence-electron chi connectivity index (χ2n) is 6.57. The average molecular weight is 382 g/mol. The summed E-state index contributed by atoms with van der Waals surface area (Å²) < 4.78 is 57.4. The van der Waals surface area contributed by atoms with E-state index in [4.69, 9.17) is 4.74 Å². The van der Waals surface area contributed by atoms with Crippen molar-refractivity contribution < 1.29 is 22.3 Å². The SMILES string of the molecule is Fc1cc(CCOc2ccc(C(F)(F)F)cc2)ccc1CN1CCNCC1. The fourth-order valence-corrected chi connectivity index (χ4v) is 3.01. The van der Waals surface area contributed by atoms with Crippen molar-refractivity contribution in [1.29, 1.82) is 0 Å². The van der Waals surface area contributed by atoms with E-state index in [1.807, 2.05) is 6.07 Å². The zero-order valence-electron chi connectivity index (χ0n) is 14.9. The summed E-state index contributed by atoms with van der Waals surface area (Å²) in [6.45, 7) is 4.50. The minimum Gasteiger partial charge on any atom is -0.493 e.